The summed E-state index contributed by atoms with van der Waals surface area (Å²) in [6.45, 7) is 7.21. The molecule has 1 aromatic heterocycles. The van der Waals surface area contributed by atoms with E-state index in [1.54, 1.807) is 4.90 Å². The van der Waals surface area contributed by atoms with E-state index in [4.69, 9.17) is 0 Å². The van der Waals surface area contributed by atoms with Crippen molar-refractivity contribution in [1.82, 2.24) is 9.88 Å². The summed E-state index contributed by atoms with van der Waals surface area (Å²) in [6.07, 6.45) is 1.62. The number of thiazole rings is 1. The summed E-state index contributed by atoms with van der Waals surface area (Å²) in [5.41, 5.74) is 2.20. The number of anilines is 1. The number of hydrogen-bond donors (Lipinski definition) is 0. The summed E-state index contributed by atoms with van der Waals surface area (Å²) < 4.78 is 0. The van der Waals surface area contributed by atoms with Gasteiger partial charge in [-0.05, 0) is 31.4 Å². The Bertz CT molecular complexity index is 920. The van der Waals surface area contributed by atoms with Gasteiger partial charge in [-0.3, -0.25) is 9.59 Å². The van der Waals surface area contributed by atoms with Gasteiger partial charge < -0.3 is 9.80 Å². The summed E-state index contributed by atoms with van der Waals surface area (Å²) in [7, 11) is 1.83. The highest BCUT2D eigenvalue weighted by Gasteiger charge is 2.52. The van der Waals surface area contributed by atoms with E-state index in [0.29, 0.717) is 23.9 Å². The molecule has 0 radical (unpaired) electrons. The van der Waals surface area contributed by atoms with Gasteiger partial charge in [0.05, 0.1) is 16.1 Å². The fourth-order valence-corrected chi connectivity index (χ4v) is 5.38. The number of rotatable bonds is 2. The van der Waals surface area contributed by atoms with Crippen LogP contribution in [0.5, 0.6) is 0 Å². The molecule has 4 rings (SSSR count). The Balaban J connectivity index is 1.68. The highest BCUT2D eigenvalue weighted by atomic mass is 32.1. The highest BCUT2D eigenvalue weighted by Crippen LogP contribution is 2.46. The number of carbonyl (C=O) groups is 2. The van der Waals surface area contributed by atoms with Gasteiger partial charge in [0.15, 0.2) is 0 Å². The van der Waals surface area contributed by atoms with Gasteiger partial charge in [-0.1, -0.05) is 32.0 Å². The number of hydrogen-bond acceptors (Lipinski definition) is 4. The fourth-order valence-electron chi connectivity index (χ4n) is 4.35. The third-order valence-corrected chi connectivity index (χ3v) is 7.22. The molecule has 1 spiro atoms. The van der Waals surface area contributed by atoms with E-state index in [1.807, 2.05) is 43.1 Å². The van der Waals surface area contributed by atoms with Crippen molar-refractivity contribution in [1.29, 1.82) is 0 Å². The molecular weight excluding hydrogens is 358 g/mol. The smallest absolute Gasteiger partial charge is 0.265 e. The molecule has 1 fully saturated rings. The molecule has 142 valence electrons. The van der Waals surface area contributed by atoms with Crippen molar-refractivity contribution < 1.29 is 9.59 Å². The molecule has 2 amide bonds. The Kier molecular flexibility index (Phi) is 4.34. The molecule has 0 saturated carbocycles. The zero-order valence-corrected chi connectivity index (χ0v) is 17.1. The van der Waals surface area contributed by atoms with Gasteiger partial charge in [0.1, 0.15) is 4.88 Å². The second-order valence-electron chi connectivity index (χ2n) is 7.92. The second-order valence-corrected chi connectivity index (χ2v) is 8.95. The summed E-state index contributed by atoms with van der Waals surface area (Å²) >= 11 is 1.49. The normalized spacial score (nSPS) is 22.0. The minimum atomic E-state index is -0.612. The number of likely N-dealkylation sites (tertiary alicyclic amines) is 1. The van der Waals surface area contributed by atoms with Crippen LogP contribution in [0.3, 0.4) is 0 Å². The summed E-state index contributed by atoms with van der Waals surface area (Å²) in [5.74, 6) is 0.417. The van der Waals surface area contributed by atoms with Crippen molar-refractivity contribution in [2.75, 3.05) is 25.0 Å². The van der Waals surface area contributed by atoms with E-state index in [-0.39, 0.29) is 11.8 Å². The Morgan fingerprint density at radius 1 is 1.30 bits per heavy atom. The van der Waals surface area contributed by atoms with Crippen molar-refractivity contribution in [3.8, 4) is 0 Å². The van der Waals surface area contributed by atoms with Crippen molar-refractivity contribution in [2.24, 2.45) is 0 Å². The van der Waals surface area contributed by atoms with E-state index in [2.05, 4.69) is 18.8 Å². The largest absolute Gasteiger partial charge is 0.336 e. The molecule has 6 heteroatoms. The van der Waals surface area contributed by atoms with Crippen molar-refractivity contribution >= 4 is 28.8 Å². The van der Waals surface area contributed by atoms with Crippen LogP contribution in [0, 0.1) is 6.92 Å². The van der Waals surface area contributed by atoms with E-state index in [1.165, 1.54) is 11.3 Å². The van der Waals surface area contributed by atoms with Gasteiger partial charge in [-0.15, -0.1) is 11.3 Å². The maximum Gasteiger partial charge on any atom is 0.265 e. The van der Waals surface area contributed by atoms with Gasteiger partial charge in [0, 0.05) is 31.7 Å². The Morgan fingerprint density at radius 2 is 2.04 bits per heavy atom. The Hall–Kier alpha value is -2.21. The molecule has 1 aromatic carbocycles. The first-order valence-electron chi connectivity index (χ1n) is 9.49. The van der Waals surface area contributed by atoms with Gasteiger partial charge in [0.2, 0.25) is 5.91 Å². The van der Waals surface area contributed by atoms with Crippen LogP contribution in [0.4, 0.5) is 5.69 Å². The van der Waals surface area contributed by atoms with Crippen LogP contribution in [0.1, 0.15) is 58.5 Å². The fraction of sp³-hybridized carbons (Fsp3) is 0.476. The number of aromatic nitrogens is 1. The number of nitrogens with zero attached hydrogens (tertiary/aromatic N) is 3. The lowest BCUT2D eigenvalue weighted by Gasteiger charge is -2.39. The lowest BCUT2D eigenvalue weighted by molar-refractivity contribution is -0.124. The van der Waals surface area contributed by atoms with Crippen LogP contribution in [0.15, 0.2) is 24.3 Å². The topological polar surface area (TPSA) is 53.5 Å². The molecule has 3 heterocycles. The van der Waals surface area contributed by atoms with Crippen LogP contribution in [-0.4, -0.2) is 41.8 Å². The molecule has 5 nitrogen and oxygen atoms in total. The number of benzene rings is 1. The highest BCUT2D eigenvalue weighted by molar-refractivity contribution is 7.13. The molecular formula is C21H25N3O2S. The molecule has 1 atom stereocenters. The third-order valence-electron chi connectivity index (χ3n) is 5.78. The van der Waals surface area contributed by atoms with E-state index < -0.39 is 5.41 Å². The summed E-state index contributed by atoms with van der Waals surface area (Å²) in [4.78, 5) is 35.3. The predicted molar refractivity (Wildman–Crippen MR) is 108 cm³/mol. The van der Waals surface area contributed by atoms with Crippen LogP contribution >= 0.6 is 11.3 Å². The monoisotopic (exact) mass is 383 g/mol. The van der Waals surface area contributed by atoms with E-state index >= 15 is 0 Å². The van der Waals surface area contributed by atoms with Gasteiger partial charge in [0.25, 0.3) is 5.91 Å². The molecule has 2 aliphatic rings. The number of likely N-dealkylation sites (N-methyl/N-ethyl adjacent to an activating group) is 1. The van der Waals surface area contributed by atoms with Gasteiger partial charge in [-0.2, -0.15) is 0 Å². The standard InChI is InChI=1S/C21H25N3O2S/c1-13(2)18-22-14(3)17(27-18)19(25)24-11-7-10-21(12-24)15-8-5-6-9-16(15)23(4)20(21)26/h5-6,8-9,13H,7,10-12H2,1-4H3. The Labute approximate surface area is 164 Å². The number of piperidine rings is 1. The molecule has 0 aliphatic carbocycles. The molecule has 1 unspecified atom stereocenters. The molecule has 0 bridgehead atoms. The van der Waals surface area contributed by atoms with E-state index in [9.17, 15) is 9.59 Å². The number of aryl methyl sites for hydroxylation is 1. The average Bonchev–Trinajstić information content (AvgIpc) is 3.15. The minimum absolute atomic E-state index is 0.0100. The average molecular weight is 384 g/mol. The van der Waals surface area contributed by atoms with Crippen LogP contribution < -0.4 is 4.90 Å². The number of fused-ring (bicyclic) bond motifs is 2. The summed E-state index contributed by atoms with van der Waals surface area (Å²) in [6, 6.07) is 7.97. The van der Waals surface area contributed by atoms with Gasteiger partial charge >= 0.3 is 0 Å². The Morgan fingerprint density at radius 3 is 2.74 bits per heavy atom. The lowest BCUT2D eigenvalue weighted by Crippen LogP contribution is -2.53. The molecule has 2 aromatic rings. The molecule has 0 N–H and O–H groups in total. The molecule has 27 heavy (non-hydrogen) atoms. The third kappa shape index (κ3) is 2.69. The quantitative estimate of drug-likeness (QED) is 0.794. The minimum Gasteiger partial charge on any atom is -0.336 e. The van der Waals surface area contributed by atoms with Crippen molar-refractivity contribution in [3.63, 3.8) is 0 Å². The van der Waals surface area contributed by atoms with E-state index in [0.717, 1.165) is 34.8 Å². The lowest BCUT2D eigenvalue weighted by atomic mass is 9.75. The first-order valence-corrected chi connectivity index (χ1v) is 10.3. The second kappa shape index (κ2) is 6.44. The summed E-state index contributed by atoms with van der Waals surface area (Å²) in [5, 5.41) is 0.990. The molecule has 1 saturated heterocycles. The van der Waals surface area contributed by atoms with Crippen molar-refractivity contribution in [3.05, 3.63) is 45.4 Å². The van der Waals surface area contributed by atoms with Gasteiger partial charge in [-0.25, -0.2) is 4.98 Å². The number of carbonyl (C=O) groups excluding carboxylic acids is 2. The SMILES string of the molecule is Cc1nc(C(C)C)sc1C(=O)N1CCCC2(C1)C(=O)N(C)c1ccccc12. The van der Waals surface area contributed by atoms with Crippen LogP contribution in [0.25, 0.3) is 0 Å². The first-order chi connectivity index (χ1) is 12.8. The van der Waals surface area contributed by atoms with Crippen molar-refractivity contribution in [2.45, 2.75) is 44.9 Å². The maximum atomic E-state index is 13.3. The first kappa shape index (κ1) is 18.2. The number of amides is 2. The zero-order chi connectivity index (χ0) is 19.3. The van der Waals surface area contributed by atoms with Crippen LogP contribution in [-0.2, 0) is 10.2 Å². The maximum absolute atomic E-state index is 13.3. The van der Waals surface area contributed by atoms with Crippen LogP contribution in [0.2, 0.25) is 0 Å². The predicted octanol–water partition coefficient (Wildman–Crippen LogP) is 3.73. The zero-order valence-electron chi connectivity index (χ0n) is 16.3. The number of para-hydroxylation sites is 1. The molecule has 2 aliphatic heterocycles.